The summed E-state index contributed by atoms with van der Waals surface area (Å²) in [6.07, 6.45) is 0. The predicted octanol–water partition coefficient (Wildman–Crippen LogP) is 3.03. The van der Waals surface area contributed by atoms with Crippen LogP contribution in [0.1, 0.15) is 5.56 Å². The molecule has 0 saturated carbocycles. The lowest BCUT2D eigenvalue weighted by Crippen LogP contribution is -2.04. The molecule has 112 valence electrons. The van der Waals surface area contributed by atoms with Crippen LogP contribution in [0.2, 0.25) is 0 Å². The highest BCUT2D eigenvalue weighted by atomic mass is 16.5. The molecule has 0 aliphatic rings. The molecule has 21 heavy (non-hydrogen) atoms. The molecular weight excluding hydrogens is 270 g/mol. The van der Waals surface area contributed by atoms with Gasteiger partial charge >= 0.3 is 0 Å². The van der Waals surface area contributed by atoms with Crippen LogP contribution in [-0.4, -0.2) is 26.4 Å². The van der Waals surface area contributed by atoms with Gasteiger partial charge in [0.05, 0.1) is 21.3 Å². The maximum atomic E-state index is 9.46. The third-order valence-electron chi connectivity index (χ3n) is 3.11. The summed E-state index contributed by atoms with van der Waals surface area (Å²) in [5, 5.41) is 12.7. The van der Waals surface area contributed by atoms with Crippen LogP contribution in [0.25, 0.3) is 0 Å². The van der Waals surface area contributed by atoms with E-state index in [1.54, 1.807) is 39.5 Å². The number of ether oxygens (including phenoxy) is 3. The van der Waals surface area contributed by atoms with Gasteiger partial charge in [0.25, 0.3) is 0 Å². The van der Waals surface area contributed by atoms with Crippen LogP contribution in [0, 0.1) is 0 Å². The van der Waals surface area contributed by atoms with E-state index in [4.69, 9.17) is 14.2 Å². The average molecular weight is 289 g/mol. The quantitative estimate of drug-likeness (QED) is 0.856. The summed E-state index contributed by atoms with van der Waals surface area (Å²) in [5.74, 6) is 2.04. The second kappa shape index (κ2) is 6.74. The molecular formula is C16H19NO4. The Kier molecular flexibility index (Phi) is 4.77. The fourth-order valence-electron chi connectivity index (χ4n) is 2.12. The van der Waals surface area contributed by atoms with E-state index < -0.39 is 0 Å². The minimum absolute atomic E-state index is 0.222. The molecule has 2 N–H and O–H groups in total. The molecule has 0 atom stereocenters. The van der Waals surface area contributed by atoms with E-state index in [-0.39, 0.29) is 5.75 Å². The largest absolute Gasteiger partial charge is 0.508 e. The first-order valence-corrected chi connectivity index (χ1v) is 6.50. The third kappa shape index (κ3) is 3.31. The van der Waals surface area contributed by atoms with Crippen molar-refractivity contribution in [3.8, 4) is 23.0 Å². The normalized spacial score (nSPS) is 10.0. The van der Waals surface area contributed by atoms with Crippen LogP contribution in [-0.2, 0) is 6.54 Å². The average Bonchev–Trinajstić information content (AvgIpc) is 2.51. The molecule has 5 nitrogen and oxygen atoms in total. The monoisotopic (exact) mass is 289 g/mol. The number of phenolic OH excluding ortho intramolecular Hbond substituents is 1. The molecule has 2 aromatic rings. The molecule has 2 aromatic carbocycles. The van der Waals surface area contributed by atoms with Crippen molar-refractivity contribution in [3.05, 3.63) is 42.0 Å². The van der Waals surface area contributed by atoms with Crippen molar-refractivity contribution in [2.45, 2.75) is 6.54 Å². The van der Waals surface area contributed by atoms with Crippen molar-refractivity contribution in [2.24, 2.45) is 0 Å². The van der Waals surface area contributed by atoms with Gasteiger partial charge < -0.3 is 24.6 Å². The smallest absolute Gasteiger partial charge is 0.203 e. The van der Waals surface area contributed by atoms with Gasteiger partial charge in [0.1, 0.15) is 5.75 Å². The van der Waals surface area contributed by atoms with Gasteiger partial charge in [-0.15, -0.1) is 0 Å². The number of benzene rings is 2. The maximum Gasteiger partial charge on any atom is 0.203 e. The topological polar surface area (TPSA) is 60.0 Å². The molecule has 0 radical (unpaired) electrons. The van der Waals surface area contributed by atoms with E-state index in [1.807, 2.05) is 18.2 Å². The lowest BCUT2D eigenvalue weighted by atomic mass is 10.1. The minimum atomic E-state index is 0.222. The maximum absolute atomic E-state index is 9.46. The summed E-state index contributed by atoms with van der Waals surface area (Å²) in [6.45, 7) is 0.535. The molecule has 5 heteroatoms. The first-order chi connectivity index (χ1) is 10.2. The number of nitrogens with one attached hydrogen (secondary N) is 1. The summed E-state index contributed by atoms with van der Waals surface area (Å²) in [5.41, 5.74) is 1.75. The van der Waals surface area contributed by atoms with E-state index in [0.29, 0.717) is 23.8 Å². The summed E-state index contributed by atoms with van der Waals surface area (Å²) in [6, 6.07) is 10.7. The fourth-order valence-corrected chi connectivity index (χ4v) is 2.12. The van der Waals surface area contributed by atoms with E-state index in [0.717, 1.165) is 11.3 Å². The molecule has 2 rings (SSSR count). The summed E-state index contributed by atoms with van der Waals surface area (Å²) in [4.78, 5) is 0. The van der Waals surface area contributed by atoms with Crippen LogP contribution >= 0.6 is 0 Å². The zero-order chi connectivity index (χ0) is 15.2. The van der Waals surface area contributed by atoms with Crippen LogP contribution in [0.5, 0.6) is 23.0 Å². The predicted molar refractivity (Wildman–Crippen MR) is 81.5 cm³/mol. The zero-order valence-electron chi connectivity index (χ0n) is 12.3. The second-order valence-electron chi connectivity index (χ2n) is 4.40. The van der Waals surface area contributed by atoms with Crippen LogP contribution in [0.4, 0.5) is 5.69 Å². The summed E-state index contributed by atoms with van der Waals surface area (Å²) >= 11 is 0. The van der Waals surface area contributed by atoms with Gasteiger partial charge in [0.2, 0.25) is 5.75 Å². The standard InChI is InChI=1S/C16H19NO4/c1-19-14-8-7-11(15(20-2)16(14)21-3)10-17-12-5-4-6-13(18)9-12/h4-9,17-18H,10H2,1-3H3. The van der Waals surface area contributed by atoms with Crippen molar-refractivity contribution in [1.29, 1.82) is 0 Å². The molecule has 0 heterocycles. The molecule has 0 spiro atoms. The molecule has 0 fully saturated rings. The highest BCUT2D eigenvalue weighted by Gasteiger charge is 2.15. The van der Waals surface area contributed by atoms with E-state index in [9.17, 15) is 5.11 Å². The van der Waals surface area contributed by atoms with Crippen molar-refractivity contribution >= 4 is 5.69 Å². The van der Waals surface area contributed by atoms with Gasteiger partial charge in [-0.2, -0.15) is 0 Å². The first-order valence-electron chi connectivity index (χ1n) is 6.50. The Bertz CT molecular complexity index is 613. The number of hydrogen-bond donors (Lipinski definition) is 2. The molecule has 0 amide bonds. The second-order valence-corrected chi connectivity index (χ2v) is 4.40. The molecule has 0 unspecified atom stereocenters. The van der Waals surface area contributed by atoms with Gasteiger partial charge in [-0.25, -0.2) is 0 Å². The van der Waals surface area contributed by atoms with Crippen LogP contribution in [0.15, 0.2) is 36.4 Å². The highest BCUT2D eigenvalue weighted by molar-refractivity contribution is 5.57. The third-order valence-corrected chi connectivity index (χ3v) is 3.11. The van der Waals surface area contributed by atoms with E-state index in [1.165, 1.54) is 0 Å². The zero-order valence-corrected chi connectivity index (χ0v) is 12.3. The molecule has 0 saturated heterocycles. The van der Waals surface area contributed by atoms with E-state index >= 15 is 0 Å². The minimum Gasteiger partial charge on any atom is -0.508 e. The number of anilines is 1. The Labute approximate surface area is 124 Å². The highest BCUT2D eigenvalue weighted by Crippen LogP contribution is 2.39. The molecule has 0 bridgehead atoms. The van der Waals surface area contributed by atoms with Gasteiger partial charge in [0.15, 0.2) is 11.5 Å². The summed E-state index contributed by atoms with van der Waals surface area (Å²) < 4.78 is 16.0. The number of aromatic hydroxyl groups is 1. The lowest BCUT2D eigenvalue weighted by Gasteiger charge is -2.16. The summed E-state index contributed by atoms with van der Waals surface area (Å²) in [7, 11) is 4.75. The Morgan fingerprint density at radius 1 is 0.952 bits per heavy atom. The number of rotatable bonds is 6. The Morgan fingerprint density at radius 2 is 1.71 bits per heavy atom. The van der Waals surface area contributed by atoms with Crippen LogP contribution < -0.4 is 19.5 Å². The fraction of sp³-hybridized carbons (Fsp3) is 0.250. The van der Waals surface area contributed by atoms with Gasteiger partial charge in [-0.1, -0.05) is 6.07 Å². The molecule has 0 aliphatic carbocycles. The number of phenols is 1. The number of hydrogen-bond acceptors (Lipinski definition) is 5. The van der Waals surface area contributed by atoms with Gasteiger partial charge in [-0.3, -0.25) is 0 Å². The van der Waals surface area contributed by atoms with E-state index in [2.05, 4.69) is 5.32 Å². The molecule has 0 aliphatic heterocycles. The molecule has 0 aromatic heterocycles. The lowest BCUT2D eigenvalue weighted by molar-refractivity contribution is 0.322. The SMILES string of the molecule is COc1ccc(CNc2cccc(O)c2)c(OC)c1OC. The number of methoxy groups -OCH3 is 3. The van der Waals surface area contributed by atoms with Crippen molar-refractivity contribution in [1.82, 2.24) is 0 Å². The Morgan fingerprint density at radius 3 is 2.33 bits per heavy atom. The van der Waals surface area contributed by atoms with Gasteiger partial charge in [0, 0.05) is 23.9 Å². The van der Waals surface area contributed by atoms with Gasteiger partial charge in [-0.05, 0) is 24.3 Å². The Balaban J connectivity index is 2.23. The first kappa shape index (κ1) is 14.8. The van der Waals surface area contributed by atoms with Crippen LogP contribution in [0.3, 0.4) is 0 Å². The van der Waals surface area contributed by atoms with Crippen molar-refractivity contribution in [3.63, 3.8) is 0 Å². The van der Waals surface area contributed by atoms with Crippen molar-refractivity contribution in [2.75, 3.05) is 26.6 Å². The Hall–Kier alpha value is -2.56. The van der Waals surface area contributed by atoms with Crippen molar-refractivity contribution < 1.29 is 19.3 Å².